The minimum atomic E-state index is -3.65. The third-order valence-electron chi connectivity index (χ3n) is 3.36. The Morgan fingerprint density at radius 3 is 2.35 bits per heavy atom. The molecule has 0 fully saturated rings. The number of ether oxygens (including phenoxy) is 2. The Morgan fingerprint density at radius 1 is 1.04 bits per heavy atom. The summed E-state index contributed by atoms with van der Waals surface area (Å²) in [5, 5.41) is 0.569. The maximum Gasteiger partial charge on any atom is 0.243 e. The first-order valence-corrected chi connectivity index (χ1v) is 8.63. The molecule has 5 nitrogen and oxygen atoms in total. The lowest BCUT2D eigenvalue weighted by Crippen LogP contribution is -2.26. The second-order valence-electron chi connectivity index (χ2n) is 4.91. The summed E-state index contributed by atoms with van der Waals surface area (Å²) in [7, 11) is 0.827. The molecule has 0 atom stereocenters. The number of hydrogen-bond acceptors (Lipinski definition) is 4. The molecule has 0 aliphatic rings. The van der Waals surface area contributed by atoms with Gasteiger partial charge in [0.1, 0.15) is 0 Å². The molecule has 0 aliphatic heterocycles. The summed E-state index contributed by atoms with van der Waals surface area (Å²) in [5.74, 6) is 0.841. The Bertz CT molecular complexity index is 792. The monoisotopic (exact) mass is 355 g/mol. The average molecular weight is 356 g/mol. The molecule has 0 aliphatic carbocycles. The molecule has 2 aromatic carbocycles. The van der Waals surface area contributed by atoms with E-state index in [9.17, 15) is 8.42 Å². The van der Waals surface area contributed by atoms with Crippen molar-refractivity contribution in [2.45, 2.75) is 11.4 Å². The Hall–Kier alpha value is -1.76. The third kappa shape index (κ3) is 3.96. The normalized spacial score (nSPS) is 11.5. The van der Waals surface area contributed by atoms with E-state index < -0.39 is 10.0 Å². The second-order valence-corrected chi connectivity index (χ2v) is 7.39. The molecule has 0 radical (unpaired) electrons. The topological polar surface area (TPSA) is 55.8 Å². The van der Waals surface area contributed by atoms with Crippen LogP contribution in [0.15, 0.2) is 47.4 Å². The van der Waals surface area contributed by atoms with Crippen LogP contribution in [0.3, 0.4) is 0 Å². The summed E-state index contributed by atoms with van der Waals surface area (Å²) in [5.41, 5.74) is 0.809. The van der Waals surface area contributed by atoms with Crippen LogP contribution in [0.2, 0.25) is 5.02 Å². The first kappa shape index (κ1) is 17.6. The summed E-state index contributed by atoms with van der Waals surface area (Å²) < 4.78 is 36.9. The van der Waals surface area contributed by atoms with Gasteiger partial charge in [0, 0.05) is 24.7 Å². The van der Waals surface area contributed by atoms with Crippen LogP contribution in [-0.2, 0) is 16.6 Å². The summed E-state index contributed by atoms with van der Waals surface area (Å²) in [6, 6.07) is 11.6. The van der Waals surface area contributed by atoms with E-state index in [1.165, 1.54) is 37.7 Å². The molecule has 0 bridgehead atoms. The van der Waals surface area contributed by atoms with Gasteiger partial charge < -0.3 is 9.47 Å². The Balaban J connectivity index is 2.30. The first-order chi connectivity index (χ1) is 10.9. The Kier molecular flexibility index (Phi) is 5.51. The number of hydrogen-bond donors (Lipinski definition) is 0. The van der Waals surface area contributed by atoms with Crippen LogP contribution in [-0.4, -0.2) is 34.0 Å². The molecule has 124 valence electrons. The van der Waals surface area contributed by atoms with E-state index in [1.807, 2.05) is 6.07 Å². The third-order valence-corrected chi connectivity index (χ3v) is 5.39. The van der Waals surface area contributed by atoms with Gasteiger partial charge >= 0.3 is 0 Å². The maximum atomic E-state index is 12.7. The lowest BCUT2D eigenvalue weighted by Gasteiger charge is -2.18. The summed E-state index contributed by atoms with van der Waals surface area (Å²) in [4.78, 5) is 0.139. The smallest absolute Gasteiger partial charge is 0.243 e. The Morgan fingerprint density at radius 2 is 1.74 bits per heavy atom. The molecule has 23 heavy (non-hydrogen) atoms. The van der Waals surface area contributed by atoms with E-state index in [4.69, 9.17) is 21.1 Å². The highest BCUT2D eigenvalue weighted by Gasteiger charge is 2.22. The minimum absolute atomic E-state index is 0.139. The fourth-order valence-electron chi connectivity index (χ4n) is 2.13. The predicted octanol–water partition coefficient (Wildman–Crippen LogP) is 3.18. The lowest BCUT2D eigenvalue weighted by molar-refractivity contribution is 0.353. The number of nitrogens with zero attached hydrogens (tertiary/aromatic N) is 1. The molecule has 2 aromatic rings. The van der Waals surface area contributed by atoms with Gasteiger partial charge in [-0.1, -0.05) is 23.7 Å². The van der Waals surface area contributed by atoms with E-state index in [1.54, 1.807) is 24.3 Å². The highest BCUT2D eigenvalue weighted by molar-refractivity contribution is 7.89. The SMILES string of the molecule is COc1ccc(S(=O)(=O)N(C)Cc2cccc(Cl)c2)cc1OC. The van der Waals surface area contributed by atoms with Crippen LogP contribution in [0.4, 0.5) is 0 Å². The van der Waals surface area contributed by atoms with E-state index in [0.717, 1.165) is 5.56 Å². The van der Waals surface area contributed by atoms with Crippen LogP contribution >= 0.6 is 11.6 Å². The van der Waals surface area contributed by atoms with Gasteiger partial charge in [-0.2, -0.15) is 4.31 Å². The second kappa shape index (κ2) is 7.21. The van der Waals surface area contributed by atoms with Gasteiger partial charge in [0.05, 0.1) is 19.1 Å². The molecule has 0 spiro atoms. The van der Waals surface area contributed by atoms with Gasteiger partial charge in [-0.3, -0.25) is 0 Å². The standard InChI is InChI=1S/C16H18ClNO4S/c1-18(11-12-5-4-6-13(17)9-12)23(19,20)14-7-8-15(21-2)16(10-14)22-3/h4-10H,11H2,1-3H3. The zero-order valence-electron chi connectivity index (χ0n) is 13.1. The van der Waals surface area contributed by atoms with Crippen molar-refractivity contribution in [1.29, 1.82) is 0 Å². The molecular formula is C16H18ClNO4S. The van der Waals surface area contributed by atoms with E-state index in [2.05, 4.69) is 0 Å². The van der Waals surface area contributed by atoms with Gasteiger partial charge in [0.15, 0.2) is 11.5 Å². The molecule has 0 saturated carbocycles. The van der Waals surface area contributed by atoms with Crippen molar-refractivity contribution in [1.82, 2.24) is 4.31 Å². The highest BCUT2D eigenvalue weighted by atomic mass is 35.5. The molecule has 0 aromatic heterocycles. The fraction of sp³-hybridized carbons (Fsp3) is 0.250. The average Bonchev–Trinajstić information content (AvgIpc) is 2.54. The number of halogens is 1. The lowest BCUT2D eigenvalue weighted by atomic mass is 10.2. The van der Waals surface area contributed by atoms with E-state index in [-0.39, 0.29) is 11.4 Å². The van der Waals surface area contributed by atoms with E-state index >= 15 is 0 Å². The van der Waals surface area contributed by atoms with Crippen molar-refractivity contribution in [3.05, 3.63) is 53.1 Å². The van der Waals surface area contributed by atoms with Gasteiger partial charge in [0.25, 0.3) is 0 Å². The zero-order chi connectivity index (χ0) is 17.0. The summed E-state index contributed by atoms with van der Waals surface area (Å²) >= 11 is 5.93. The van der Waals surface area contributed by atoms with Gasteiger partial charge in [-0.25, -0.2) is 8.42 Å². The van der Waals surface area contributed by atoms with Crippen molar-refractivity contribution >= 4 is 21.6 Å². The maximum absolute atomic E-state index is 12.7. The number of rotatable bonds is 6. The molecule has 2 rings (SSSR count). The van der Waals surface area contributed by atoms with Gasteiger partial charge in [0.2, 0.25) is 10.0 Å². The molecule has 7 heteroatoms. The first-order valence-electron chi connectivity index (χ1n) is 6.81. The quantitative estimate of drug-likeness (QED) is 0.798. The van der Waals surface area contributed by atoms with Gasteiger partial charge in [-0.05, 0) is 29.8 Å². The number of benzene rings is 2. The highest BCUT2D eigenvalue weighted by Crippen LogP contribution is 2.30. The molecule has 0 saturated heterocycles. The van der Waals surface area contributed by atoms with Crippen molar-refractivity contribution in [2.75, 3.05) is 21.3 Å². The van der Waals surface area contributed by atoms with Crippen LogP contribution in [0.1, 0.15) is 5.56 Å². The largest absolute Gasteiger partial charge is 0.493 e. The number of methoxy groups -OCH3 is 2. The van der Waals surface area contributed by atoms with Crippen molar-refractivity contribution in [3.8, 4) is 11.5 Å². The molecule has 0 N–H and O–H groups in total. The molecule has 0 unspecified atom stereocenters. The molecule has 0 heterocycles. The van der Waals surface area contributed by atoms with Crippen LogP contribution < -0.4 is 9.47 Å². The van der Waals surface area contributed by atoms with Gasteiger partial charge in [-0.15, -0.1) is 0 Å². The predicted molar refractivity (Wildman–Crippen MR) is 89.7 cm³/mol. The van der Waals surface area contributed by atoms with Crippen LogP contribution in [0, 0.1) is 0 Å². The van der Waals surface area contributed by atoms with Crippen LogP contribution in [0.25, 0.3) is 0 Å². The van der Waals surface area contributed by atoms with Crippen LogP contribution in [0.5, 0.6) is 11.5 Å². The Labute approximate surface area is 141 Å². The molecule has 0 amide bonds. The number of sulfonamides is 1. The summed E-state index contributed by atoms with van der Waals surface area (Å²) in [6.07, 6.45) is 0. The summed E-state index contributed by atoms with van der Waals surface area (Å²) in [6.45, 7) is 0.219. The zero-order valence-corrected chi connectivity index (χ0v) is 14.7. The molecular weight excluding hydrogens is 338 g/mol. The van der Waals surface area contributed by atoms with Crippen molar-refractivity contribution in [2.24, 2.45) is 0 Å². The minimum Gasteiger partial charge on any atom is -0.493 e. The van der Waals surface area contributed by atoms with Crippen molar-refractivity contribution in [3.63, 3.8) is 0 Å². The van der Waals surface area contributed by atoms with Crippen molar-refractivity contribution < 1.29 is 17.9 Å². The fourth-order valence-corrected chi connectivity index (χ4v) is 3.52. The van der Waals surface area contributed by atoms with E-state index in [0.29, 0.717) is 16.5 Å².